The minimum Gasteiger partial charge on any atom is -0.493 e. The smallest absolute Gasteiger partial charge is 0.343 e. The Morgan fingerprint density at radius 2 is 1.43 bits per heavy atom. The number of benzene rings is 2. The average molecular weight is 528 g/mol. The second-order valence-corrected chi connectivity index (χ2v) is 10.6. The Bertz CT molecular complexity index is 906. The molecule has 1 aliphatic rings. The van der Waals surface area contributed by atoms with Crippen LogP contribution < -0.4 is 14.2 Å². The molecule has 0 saturated heterocycles. The van der Waals surface area contributed by atoms with Crippen LogP contribution in [0.3, 0.4) is 0 Å². The highest BCUT2D eigenvalue weighted by Crippen LogP contribution is 2.28. The third-order valence-corrected chi connectivity index (χ3v) is 7.30. The number of carbonyl (C=O) groups excluding carboxylic acids is 1. The van der Waals surface area contributed by atoms with Crippen LogP contribution in [0, 0.1) is 12.3 Å². The first-order valence-electron chi connectivity index (χ1n) is 14.3. The molecule has 1 fully saturated rings. The number of ether oxygens (including phenoxy) is 3. The highest BCUT2D eigenvalue weighted by Gasteiger charge is 2.15. The van der Waals surface area contributed by atoms with Crippen LogP contribution in [0.1, 0.15) is 107 Å². The molecular formula is C32H44ClO4. The zero-order valence-corrected chi connectivity index (χ0v) is 23.3. The van der Waals surface area contributed by atoms with Crippen molar-refractivity contribution in [3.05, 3.63) is 59.5 Å². The lowest BCUT2D eigenvalue weighted by atomic mass is 9.90. The topological polar surface area (TPSA) is 44.8 Å². The van der Waals surface area contributed by atoms with Crippen molar-refractivity contribution < 1.29 is 19.0 Å². The molecule has 0 bridgehead atoms. The molecule has 0 amide bonds. The van der Waals surface area contributed by atoms with Crippen LogP contribution in [0.5, 0.6) is 17.2 Å². The molecule has 1 aliphatic carbocycles. The summed E-state index contributed by atoms with van der Waals surface area (Å²) in [5, 5.41) is 0.422. The van der Waals surface area contributed by atoms with E-state index in [4.69, 9.17) is 25.8 Å². The second-order valence-electron chi connectivity index (χ2n) is 10.2. The molecule has 0 N–H and O–H groups in total. The number of halogens is 1. The number of carbonyl (C=O) groups is 1. The molecule has 0 heterocycles. The Balaban J connectivity index is 1.32. The van der Waals surface area contributed by atoms with Gasteiger partial charge < -0.3 is 14.2 Å². The van der Waals surface area contributed by atoms with E-state index < -0.39 is 5.97 Å². The predicted octanol–water partition coefficient (Wildman–Crippen LogP) is 9.63. The molecule has 0 aliphatic heterocycles. The van der Waals surface area contributed by atoms with E-state index in [0.717, 1.165) is 18.8 Å². The number of hydrogen-bond donors (Lipinski definition) is 0. The summed E-state index contributed by atoms with van der Waals surface area (Å²) in [7, 11) is 0. The maximum atomic E-state index is 12.6. The van der Waals surface area contributed by atoms with Gasteiger partial charge in [-0.2, -0.15) is 0 Å². The maximum absolute atomic E-state index is 12.6. The van der Waals surface area contributed by atoms with Crippen LogP contribution in [0.2, 0.25) is 5.02 Å². The minimum atomic E-state index is -0.449. The third-order valence-electron chi connectivity index (χ3n) is 7.00. The number of rotatable bonds is 17. The summed E-state index contributed by atoms with van der Waals surface area (Å²) in [6, 6.07) is 12.2. The molecule has 0 unspecified atom stereocenters. The van der Waals surface area contributed by atoms with Crippen molar-refractivity contribution in [1.82, 2.24) is 0 Å². The van der Waals surface area contributed by atoms with Crippen LogP contribution in [-0.4, -0.2) is 19.2 Å². The van der Waals surface area contributed by atoms with Crippen molar-refractivity contribution in [3.8, 4) is 17.2 Å². The van der Waals surface area contributed by atoms with Crippen LogP contribution in [-0.2, 0) is 0 Å². The molecule has 2 aromatic rings. The lowest BCUT2D eigenvalue weighted by Crippen LogP contribution is -2.15. The lowest BCUT2D eigenvalue weighted by molar-refractivity contribution is 0.0734. The first kappa shape index (κ1) is 29.4. The van der Waals surface area contributed by atoms with Crippen LogP contribution in [0.25, 0.3) is 0 Å². The van der Waals surface area contributed by atoms with Crippen molar-refractivity contribution >= 4 is 17.6 Å². The van der Waals surface area contributed by atoms with Gasteiger partial charge in [0.2, 0.25) is 0 Å². The van der Waals surface area contributed by atoms with E-state index in [-0.39, 0.29) is 0 Å². The summed E-state index contributed by atoms with van der Waals surface area (Å²) < 4.78 is 17.3. The zero-order valence-electron chi connectivity index (χ0n) is 22.5. The summed E-state index contributed by atoms with van der Waals surface area (Å²) in [5.74, 6) is 2.04. The molecule has 3 rings (SSSR count). The second kappa shape index (κ2) is 17.3. The fourth-order valence-electron chi connectivity index (χ4n) is 4.66. The maximum Gasteiger partial charge on any atom is 0.343 e. The Hall–Kier alpha value is -2.20. The van der Waals surface area contributed by atoms with E-state index >= 15 is 0 Å². The normalized spacial score (nSPS) is 13.9. The number of unbranched alkanes of at least 4 members (excludes halogenated alkanes) is 9. The number of hydrogen-bond acceptors (Lipinski definition) is 4. The lowest BCUT2D eigenvalue weighted by Gasteiger charge is -2.21. The largest absolute Gasteiger partial charge is 0.493 e. The highest BCUT2D eigenvalue weighted by molar-refractivity contribution is 6.32. The zero-order chi connectivity index (χ0) is 26.1. The van der Waals surface area contributed by atoms with Crippen molar-refractivity contribution in [2.45, 2.75) is 96.8 Å². The van der Waals surface area contributed by atoms with Crippen molar-refractivity contribution in [2.24, 2.45) is 5.92 Å². The molecule has 5 heteroatoms. The molecule has 2 aromatic carbocycles. The Morgan fingerprint density at radius 1 is 0.811 bits per heavy atom. The van der Waals surface area contributed by atoms with E-state index in [0.29, 0.717) is 34.6 Å². The van der Waals surface area contributed by atoms with Crippen LogP contribution >= 0.6 is 11.6 Å². The average Bonchev–Trinajstić information content (AvgIpc) is 2.92. The first-order chi connectivity index (χ1) is 18.2. The van der Waals surface area contributed by atoms with Crippen LogP contribution in [0.15, 0.2) is 42.5 Å². The molecular weight excluding hydrogens is 484 g/mol. The van der Waals surface area contributed by atoms with Gasteiger partial charge in [-0.05, 0) is 86.9 Å². The van der Waals surface area contributed by atoms with Gasteiger partial charge in [0.1, 0.15) is 17.2 Å². The van der Waals surface area contributed by atoms with E-state index in [1.807, 2.05) is 12.1 Å². The van der Waals surface area contributed by atoms with E-state index in [1.54, 1.807) is 30.3 Å². The Kier molecular flexibility index (Phi) is 13.8. The van der Waals surface area contributed by atoms with Gasteiger partial charge in [0.25, 0.3) is 0 Å². The van der Waals surface area contributed by atoms with Gasteiger partial charge in [0, 0.05) is 0 Å². The highest BCUT2D eigenvalue weighted by atomic mass is 35.5. The quantitative estimate of drug-likeness (QED) is 0.117. The first-order valence-corrected chi connectivity index (χ1v) is 14.7. The summed E-state index contributed by atoms with van der Waals surface area (Å²) in [4.78, 5) is 12.6. The monoisotopic (exact) mass is 527 g/mol. The summed E-state index contributed by atoms with van der Waals surface area (Å²) in [6.45, 7) is 3.62. The van der Waals surface area contributed by atoms with Crippen molar-refractivity contribution in [1.29, 1.82) is 0 Å². The van der Waals surface area contributed by atoms with Gasteiger partial charge in [-0.25, -0.2) is 4.79 Å². The molecule has 0 aromatic heterocycles. The summed E-state index contributed by atoms with van der Waals surface area (Å²) >= 11 is 6.38. The van der Waals surface area contributed by atoms with Gasteiger partial charge in [0.05, 0.1) is 23.8 Å². The van der Waals surface area contributed by atoms with Gasteiger partial charge >= 0.3 is 5.97 Å². The fourth-order valence-corrected chi connectivity index (χ4v) is 4.90. The van der Waals surface area contributed by atoms with Crippen LogP contribution in [0.4, 0.5) is 0 Å². The van der Waals surface area contributed by atoms with Crippen molar-refractivity contribution in [3.63, 3.8) is 0 Å². The summed E-state index contributed by atoms with van der Waals surface area (Å²) in [6.07, 6.45) is 20.0. The standard InChI is InChI=1S/C32H44ClO4/c1-2-3-4-5-6-7-8-9-10-14-23-35-31-22-17-27(24-30(31)33)32(34)37-29-20-18-28(19-21-29)36-25-26-15-12-11-13-16-26/h11,17-22,24,26H,2-10,12-16,23,25H2,1H3. The summed E-state index contributed by atoms with van der Waals surface area (Å²) in [5.41, 5.74) is 0.394. The molecule has 0 spiro atoms. The minimum absolute atomic E-state index is 0.394. The fraction of sp³-hybridized carbons (Fsp3) is 0.562. The van der Waals surface area contributed by atoms with Crippen molar-refractivity contribution in [2.75, 3.05) is 13.2 Å². The van der Waals surface area contributed by atoms with E-state index in [9.17, 15) is 4.79 Å². The molecule has 37 heavy (non-hydrogen) atoms. The Labute approximate surface area is 229 Å². The van der Waals surface area contributed by atoms with E-state index in [2.05, 4.69) is 13.3 Å². The predicted molar refractivity (Wildman–Crippen MR) is 152 cm³/mol. The molecule has 0 atom stereocenters. The van der Waals surface area contributed by atoms with Gasteiger partial charge in [-0.15, -0.1) is 0 Å². The van der Waals surface area contributed by atoms with Gasteiger partial charge in [-0.1, -0.05) is 76.3 Å². The van der Waals surface area contributed by atoms with Gasteiger partial charge in [0.15, 0.2) is 0 Å². The third kappa shape index (κ3) is 11.4. The SMILES string of the molecule is CCCCCCCCCCCCOc1ccc(C(=O)Oc2ccc(OCC3CC[CH]CC3)cc2)cc1Cl. The molecule has 4 nitrogen and oxygen atoms in total. The Morgan fingerprint density at radius 3 is 2.08 bits per heavy atom. The van der Waals surface area contributed by atoms with E-state index in [1.165, 1.54) is 83.5 Å². The van der Waals surface area contributed by atoms with Gasteiger partial charge in [-0.3, -0.25) is 0 Å². The molecule has 203 valence electrons. The molecule has 1 radical (unpaired) electrons. The molecule has 1 saturated carbocycles. The number of esters is 1.